The van der Waals surface area contributed by atoms with Crippen LogP contribution in [0.3, 0.4) is 0 Å². The smallest absolute Gasteiger partial charge is 0.306 e. The first kappa shape index (κ1) is 51.5. The maximum atomic E-state index is 12.6. The number of phosphoric acid groups is 1. The Balaban J connectivity index is 4.35. The molecular formula is C43H82NO8P. The molecule has 0 N–H and O–H groups in total. The topological polar surface area (TPSA) is 111 Å². The summed E-state index contributed by atoms with van der Waals surface area (Å²) in [5.41, 5.74) is 0. The van der Waals surface area contributed by atoms with Crippen molar-refractivity contribution in [2.24, 2.45) is 0 Å². The summed E-state index contributed by atoms with van der Waals surface area (Å²) in [6.45, 7) is 4.18. The van der Waals surface area contributed by atoms with Gasteiger partial charge in [0.05, 0.1) is 27.7 Å². The highest BCUT2D eigenvalue weighted by Gasteiger charge is 2.21. The zero-order chi connectivity index (χ0) is 39.3. The van der Waals surface area contributed by atoms with Gasteiger partial charge in [-0.1, -0.05) is 134 Å². The van der Waals surface area contributed by atoms with E-state index in [0.717, 1.165) is 70.6 Å². The lowest BCUT2D eigenvalue weighted by Crippen LogP contribution is -2.37. The average Bonchev–Trinajstić information content (AvgIpc) is 3.10. The number of unbranched alkanes of at least 4 members (excludes halogenated alkanes) is 21. The number of quaternary nitrogens is 1. The molecule has 0 bridgehead atoms. The number of carbonyl (C=O) groups is 2. The molecule has 0 amide bonds. The van der Waals surface area contributed by atoms with E-state index >= 15 is 0 Å². The minimum atomic E-state index is -4.62. The van der Waals surface area contributed by atoms with Crippen LogP contribution in [0.2, 0.25) is 0 Å². The Hall–Kier alpha value is -1.51. The molecule has 2 atom stereocenters. The number of rotatable bonds is 39. The van der Waals surface area contributed by atoms with Gasteiger partial charge in [0.1, 0.15) is 19.8 Å². The first-order valence-electron chi connectivity index (χ1n) is 21.5. The van der Waals surface area contributed by atoms with Crippen LogP contribution in [-0.4, -0.2) is 70.0 Å². The Morgan fingerprint density at radius 2 is 0.962 bits per heavy atom. The van der Waals surface area contributed by atoms with Gasteiger partial charge in [0.15, 0.2) is 6.10 Å². The lowest BCUT2D eigenvalue weighted by atomic mass is 10.1. The molecule has 0 fully saturated rings. The molecule has 0 aliphatic rings. The number of hydrogen-bond acceptors (Lipinski definition) is 8. The van der Waals surface area contributed by atoms with Gasteiger partial charge >= 0.3 is 11.9 Å². The van der Waals surface area contributed by atoms with Crippen molar-refractivity contribution in [2.75, 3.05) is 47.5 Å². The molecule has 0 aromatic heterocycles. The summed E-state index contributed by atoms with van der Waals surface area (Å²) in [5.74, 6) is -0.848. The van der Waals surface area contributed by atoms with E-state index in [0.29, 0.717) is 17.4 Å². The number of allylic oxidation sites excluding steroid dienone is 4. The maximum Gasteiger partial charge on any atom is 0.306 e. The normalized spacial score (nSPS) is 13.8. The summed E-state index contributed by atoms with van der Waals surface area (Å²) in [7, 11) is 1.16. The zero-order valence-corrected chi connectivity index (χ0v) is 35.9. The van der Waals surface area contributed by atoms with Crippen molar-refractivity contribution >= 4 is 19.8 Å². The largest absolute Gasteiger partial charge is 0.756 e. The summed E-state index contributed by atoms with van der Waals surface area (Å²) in [4.78, 5) is 37.4. The van der Waals surface area contributed by atoms with Gasteiger partial charge in [-0.25, -0.2) is 0 Å². The molecule has 0 aliphatic carbocycles. The Kier molecular flexibility index (Phi) is 35.1. The van der Waals surface area contributed by atoms with Gasteiger partial charge < -0.3 is 27.9 Å². The molecular weight excluding hydrogens is 689 g/mol. The van der Waals surface area contributed by atoms with Gasteiger partial charge in [-0.15, -0.1) is 0 Å². The molecule has 0 radical (unpaired) electrons. The summed E-state index contributed by atoms with van der Waals surface area (Å²) in [6, 6.07) is 0. The summed E-state index contributed by atoms with van der Waals surface area (Å²) in [6.07, 6.45) is 37.7. The maximum absolute atomic E-state index is 12.6. The predicted octanol–water partition coefficient (Wildman–Crippen LogP) is 11.3. The highest BCUT2D eigenvalue weighted by Crippen LogP contribution is 2.38. The summed E-state index contributed by atoms with van der Waals surface area (Å²) in [5, 5.41) is 0. The van der Waals surface area contributed by atoms with Crippen molar-refractivity contribution < 1.29 is 42.1 Å². The van der Waals surface area contributed by atoms with Gasteiger partial charge in [-0.2, -0.15) is 0 Å². The quantitative estimate of drug-likeness (QED) is 0.0200. The fourth-order valence-corrected chi connectivity index (χ4v) is 6.49. The van der Waals surface area contributed by atoms with Crippen molar-refractivity contribution in [1.82, 2.24) is 0 Å². The van der Waals surface area contributed by atoms with E-state index in [-0.39, 0.29) is 32.0 Å². The lowest BCUT2D eigenvalue weighted by Gasteiger charge is -2.28. The molecule has 0 saturated carbocycles. The molecule has 0 heterocycles. The number of hydrogen-bond donors (Lipinski definition) is 0. The second-order valence-corrected chi connectivity index (χ2v) is 17.1. The van der Waals surface area contributed by atoms with Gasteiger partial charge in [0.2, 0.25) is 0 Å². The zero-order valence-electron chi connectivity index (χ0n) is 35.0. The third-order valence-electron chi connectivity index (χ3n) is 9.19. The molecule has 53 heavy (non-hydrogen) atoms. The highest BCUT2D eigenvalue weighted by atomic mass is 31.2. The van der Waals surface area contributed by atoms with Crippen molar-refractivity contribution in [2.45, 2.75) is 193 Å². The number of carbonyl (C=O) groups excluding carboxylic acids is 2. The molecule has 1 unspecified atom stereocenters. The van der Waals surface area contributed by atoms with E-state index in [4.69, 9.17) is 18.5 Å². The van der Waals surface area contributed by atoms with E-state index < -0.39 is 26.5 Å². The fraction of sp³-hybridized carbons (Fsp3) is 0.860. The van der Waals surface area contributed by atoms with Crippen LogP contribution in [0.1, 0.15) is 187 Å². The third-order valence-corrected chi connectivity index (χ3v) is 10.2. The van der Waals surface area contributed by atoms with Crippen LogP contribution in [-0.2, 0) is 32.7 Å². The third kappa shape index (κ3) is 40.0. The molecule has 0 rings (SSSR count). The van der Waals surface area contributed by atoms with Crippen molar-refractivity contribution in [3.63, 3.8) is 0 Å². The van der Waals surface area contributed by atoms with Gasteiger partial charge in [-0.3, -0.25) is 14.2 Å². The number of ether oxygens (including phenoxy) is 2. The molecule has 10 heteroatoms. The van der Waals surface area contributed by atoms with Crippen LogP contribution in [0.15, 0.2) is 24.3 Å². The van der Waals surface area contributed by atoms with Crippen molar-refractivity contribution in [1.29, 1.82) is 0 Å². The fourth-order valence-electron chi connectivity index (χ4n) is 5.76. The summed E-state index contributed by atoms with van der Waals surface area (Å²) >= 11 is 0. The molecule has 0 aromatic rings. The van der Waals surface area contributed by atoms with Gasteiger partial charge in [0.25, 0.3) is 7.82 Å². The average molecular weight is 772 g/mol. The Bertz CT molecular complexity index is 964. The van der Waals surface area contributed by atoms with Crippen molar-refractivity contribution in [3.8, 4) is 0 Å². The summed E-state index contributed by atoms with van der Waals surface area (Å²) < 4.78 is 33.8. The van der Waals surface area contributed by atoms with Crippen LogP contribution in [0, 0.1) is 0 Å². The molecule has 0 aliphatic heterocycles. The van der Waals surface area contributed by atoms with Crippen LogP contribution in [0.25, 0.3) is 0 Å². The van der Waals surface area contributed by atoms with E-state index in [1.165, 1.54) is 83.5 Å². The van der Waals surface area contributed by atoms with Crippen LogP contribution >= 0.6 is 7.82 Å². The number of nitrogens with zero attached hydrogens (tertiary/aromatic N) is 1. The molecule has 312 valence electrons. The molecule has 0 spiro atoms. The van der Waals surface area contributed by atoms with Crippen LogP contribution < -0.4 is 4.89 Å². The second kappa shape index (κ2) is 36.1. The van der Waals surface area contributed by atoms with Gasteiger partial charge in [0, 0.05) is 12.8 Å². The van der Waals surface area contributed by atoms with Crippen molar-refractivity contribution in [3.05, 3.63) is 24.3 Å². The first-order chi connectivity index (χ1) is 25.5. The van der Waals surface area contributed by atoms with Gasteiger partial charge in [-0.05, 0) is 64.2 Å². The number of esters is 2. The number of likely N-dealkylation sites (N-methyl/N-ethyl adjacent to an activating group) is 1. The van der Waals surface area contributed by atoms with E-state index in [2.05, 4.69) is 38.2 Å². The van der Waals surface area contributed by atoms with E-state index in [1.54, 1.807) is 0 Å². The molecule has 0 aromatic carbocycles. The first-order valence-corrected chi connectivity index (χ1v) is 23.0. The van der Waals surface area contributed by atoms with Crippen LogP contribution in [0.5, 0.6) is 0 Å². The second-order valence-electron chi connectivity index (χ2n) is 15.7. The molecule has 9 nitrogen and oxygen atoms in total. The number of phosphoric ester groups is 1. The highest BCUT2D eigenvalue weighted by molar-refractivity contribution is 7.45. The van der Waals surface area contributed by atoms with E-state index in [1.807, 2.05) is 21.1 Å². The Morgan fingerprint density at radius 1 is 0.566 bits per heavy atom. The Labute approximate surface area is 326 Å². The lowest BCUT2D eigenvalue weighted by molar-refractivity contribution is -0.870. The predicted molar refractivity (Wildman–Crippen MR) is 218 cm³/mol. The Morgan fingerprint density at radius 3 is 1.43 bits per heavy atom. The van der Waals surface area contributed by atoms with Crippen LogP contribution in [0.4, 0.5) is 0 Å². The SMILES string of the molecule is CCCCC/C=C/CCCCCCCC(=O)O[C@@H](COC(=O)CCCCCCCCC/C=C/CCCCCCCC)COP(=O)([O-])OCC[N+](C)(C)C. The van der Waals surface area contributed by atoms with E-state index in [9.17, 15) is 19.0 Å². The minimum absolute atomic E-state index is 0.0321. The monoisotopic (exact) mass is 772 g/mol. The molecule has 0 saturated heterocycles. The minimum Gasteiger partial charge on any atom is -0.756 e. The standard InChI is InChI=1S/C43H82NO8P/c1-6-8-10-12-14-16-18-20-21-22-23-24-26-27-29-31-33-35-42(45)49-39-41(40-51-53(47,48)50-38-37-44(3,4)5)52-43(46)36-34-32-30-28-25-19-17-15-13-11-9-7-2/h15,17,20-21,41H,6-14,16,18-19,22-40H2,1-5H3/b17-15+,21-20+/t41-/m0/s1.